The number of pyridine rings is 1. The molecule has 0 radical (unpaired) electrons. The van der Waals surface area contributed by atoms with Crippen LogP contribution in [0.4, 0.5) is 0 Å². The summed E-state index contributed by atoms with van der Waals surface area (Å²) in [5.41, 5.74) is 4.56. The number of aromatic nitrogens is 2. The van der Waals surface area contributed by atoms with Gasteiger partial charge in [0.1, 0.15) is 17.5 Å². The van der Waals surface area contributed by atoms with Gasteiger partial charge in [0.2, 0.25) is 0 Å². The number of hydrogen-bond donors (Lipinski definition) is 3. The smallest absolute Gasteiger partial charge is 0.328 e. The van der Waals surface area contributed by atoms with Crippen LogP contribution in [-0.4, -0.2) is 50.2 Å². The first kappa shape index (κ1) is 28.1. The number of aliphatic hydroxyl groups excluding tert-OH is 1. The first-order chi connectivity index (χ1) is 19.3. The number of imidazole rings is 1. The van der Waals surface area contributed by atoms with Gasteiger partial charge in [0, 0.05) is 47.8 Å². The topological polar surface area (TPSA) is 137 Å². The molecule has 0 saturated carbocycles. The highest BCUT2D eigenvalue weighted by atomic mass is 16.5. The van der Waals surface area contributed by atoms with Crippen LogP contribution in [0.1, 0.15) is 47.3 Å². The number of hydrogen-bond acceptors (Lipinski definition) is 6. The lowest BCUT2D eigenvalue weighted by Gasteiger charge is -2.19. The van der Waals surface area contributed by atoms with Crippen LogP contribution in [-0.2, 0) is 11.2 Å². The lowest BCUT2D eigenvalue weighted by Crippen LogP contribution is -2.37. The molecule has 4 aromatic rings. The van der Waals surface area contributed by atoms with Crippen molar-refractivity contribution in [3.05, 3.63) is 95.3 Å². The third-order valence-electron chi connectivity index (χ3n) is 6.19. The minimum absolute atomic E-state index is 0.0897. The van der Waals surface area contributed by atoms with E-state index in [0.717, 1.165) is 22.9 Å². The van der Waals surface area contributed by atoms with Gasteiger partial charge in [0.25, 0.3) is 5.91 Å². The molecule has 0 aliphatic carbocycles. The number of aliphatic hydroxyl groups is 1. The molecular formula is C31H30N4O5. The number of carbonyl (C=O) groups excluding carboxylic acids is 1. The van der Waals surface area contributed by atoms with Gasteiger partial charge in [-0.15, -0.1) is 0 Å². The van der Waals surface area contributed by atoms with Gasteiger partial charge < -0.3 is 24.7 Å². The maximum atomic E-state index is 13.0. The highest BCUT2D eigenvalue weighted by Gasteiger charge is 2.17. The van der Waals surface area contributed by atoms with E-state index in [9.17, 15) is 20.0 Å². The van der Waals surface area contributed by atoms with Crippen LogP contribution in [0.2, 0.25) is 0 Å². The zero-order chi connectivity index (χ0) is 28.6. The summed E-state index contributed by atoms with van der Waals surface area (Å²) in [6, 6.07) is 17.9. The average Bonchev–Trinajstić information content (AvgIpc) is 3.37. The van der Waals surface area contributed by atoms with E-state index in [4.69, 9.17) is 9.84 Å². The lowest BCUT2D eigenvalue weighted by molar-refractivity contribution is -0.131. The maximum absolute atomic E-state index is 13.0. The van der Waals surface area contributed by atoms with Crippen LogP contribution in [0.3, 0.4) is 0 Å². The number of carboxylic acids is 1. The number of rotatable bonds is 11. The molecule has 40 heavy (non-hydrogen) atoms. The zero-order valence-corrected chi connectivity index (χ0v) is 22.2. The highest BCUT2D eigenvalue weighted by molar-refractivity contribution is 5.95. The Morgan fingerprint density at radius 1 is 1.18 bits per heavy atom. The van der Waals surface area contributed by atoms with Gasteiger partial charge in [-0.2, -0.15) is 5.26 Å². The number of nitrogens with one attached hydrogen (secondary N) is 1. The molecule has 4 rings (SSSR count). The van der Waals surface area contributed by atoms with E-state index >= 15 is 0 Å². The molecule has 0 spiro atoms. The molecule has 204 valence electrons. The number of nitrogens with zero attached hydrogens (tertiary/aromatic N) is 3. The van der Waals surface area contributed by atoms with Gasteiger partial charge in [0.15, 0.2) is 0 Å². The molecule has 9 heteroatoms. The molecule has 2 aromatic carbocycles. The van der Waals surface area contributed by atoms with Gasteiger partial charge in [-0.1, -0.05) is 24.3 Å². The minimum Gasteiger partial charge on any atom is -0.490 e. The van der Waals surface area contributed by atoms with Crippen molar-refractivity contribution in [2.45, 2.75) is 38.8 Å². The normalized spacial score (nSPS) is 12.0. The van der Waals surface area contributed by atoms with Crippen molar-refractivity contribution in [1.82, 2.24) is 14.7 Å². The quantitative estimate of drug-likeness (QED) is 0.239. The molecule has 0 aliphatic rings. The number of benzene rings is 2. The second-order valence-corrected chi connectivity index (χ2v) is 9.57. The summed E-state index contributed by atoms with van der Waals surface area (Å²) < 4.78 is 7.48. The van der Waals surface area contributed by atoms with Crippen LogP contribution < -0.4 is 10.1 Å². The van der Waals surface area contributed by atoms with E-state index in [1.54, 1.807) is 18.2 Å². The van der Waals surface area contributed by atoms with Crippen LogP contribution in [0.5, 0.6) is 5.75 Å². The number of carboxylic acid groups (broad SMARTS) is 1. The summed E-state index contributed by atoms with van der Waals surface area (Å²) in [4.78, 5) is 28.6. The van der Waals surface area contributed by atoms with Crippen molar-refractivity contribution in [1.29, 1.82) is 5.26 Å². The minimum atomic E-state index is -1.03. The van der Waals surface area contributed by atoms with Gasteiger partial charge in [-0.3, -0.25) is 4.79 Å². The SMILES string of the molecule is CC(C)Oc1ccc(C(=O)N[C@H](CCO)Cc2ccc(-c3cn4cccc(C=CC(=O)O)c4n3)cc2)cc1C#N. The van der Waals surface area contributed by atoms with E-state index in [1.165, 1.54) is 12.1 Å². The molecule has 2 heterocycles. The zero-order valence-electron chi connectivity index (χ0n) is 22.2. The molecule has 9 nitrogen and oxygen atoms in total. The number of ether oxygens (including phenoxy) is 1. The fourth-order valence-electron chi connectivity index (χ4n) is 4.33. The van der Waals surface area contributed by atoms with Gasteiger partial charge in [-0.05, 0) is 68.7 Å². The third kappa shape index (κ3) is 6.92. The van der Waals surface area contributed by atoms with Crippen molar-refractivity contribution < 1.29 is 24.5 Å². The Bertz CT molecular complexity index is 1580. The summed E-state index contributed by atoms with van der Waals surface area (Å²) in [5, 5.41) is 31.0. The first-order valence-corrected chi connectivity index (χ1v) is 12.9. The molecule has 1 atom stereocenters. The maximum Gasteiger partial charge on any atom is 0.328 e. The van der Waals surface area contributed by atoms with Crippen molar-refractivity contribution in [2.75, 3.05) is 6.61 Å². The van der Waals surface area contributed by atoms with E-state index < -0.39 is 5.97 Å². The van der Waals surface area contributed by atoms with Crippen molar-refractivity contribution in [3.63, 3.8) is 0 Å². The molecule has 0 saturated heterocycles. The Hall–Kier alpha value is -4.94. The Kier molecular flexibility index (Phi) is 8.94. The highest BCUT2D eigenvalue weighted by Crippen LogP contribution is 2.23. The number of aliphatic carboxylic acids is 1. The largest absolute Gasteiger partial charge is 0.490 e. The third-order valence-corrected chi connectivity index (χ3v) is 6.19. The number of carbonyl (C=O) groups is 2. The van der Waals surface area contributed by atoms with Gasteiger partial charge in [-0.25, -0.2) is 9.78 Å². The van der Waals surface area contributed by atoms with Gasteiger partial charge >= 0.3 is 5.97 Å². The second-order valence-electron chi connectivity index (χ2n) is 9.57. The molecular weight excluding hydrogens is 508 g/mol. The Morgan fingerprint density at radius 3 is 2.62 bits per heavy atom. The molecule has 1 amide bonds. The lowest BCUT2D eigenvalue weighted by atomic mass is 10.0. The van der Waals surface area contributed by atoms with E-state index in [0.29, 0.717) is 35.4 Å². The predicted molar refractivity (Wildman–Crippen MR) is 151 cm³/mol. The summed E-state index contributed by atoms with van der Waals surface area (Å²) in [5.74, 6) is -0.930. The van der Waals surface area contributed by atoms with Crippen LogP contribution >= 0.6 is 0 Å². The Labute approximate surface area is 232 Å². The summed E-state index contributed by atoms with van der Waals surface area (Å²) in [6.07, 6.45) is 7.10. The fourth-order valence-corrected chi connectivity index (χ4v) is 4.33. The van der Waals surface area contributed by atoms with Crippen molar-refractivity contribution >= 4 is 23.6 Å². The van der Waals surface area contributed by atoms with Crippen molar-refractivity contribution in [3.8, 4) is 23.1 Å². The van der Waals surface area contributed by atoms with Crippen LogP contribution in [0, 0.1) is 11.3 Å². The number of fused-ring (bicyclic) bond motifs is 1. The van der Waals surface area contributed by atoms with Gasteiger partial charge in [0.05, 0.1) is 17.4 Å². The van der Waals surface area contributed by atoms with E-state index in [1.807, 2.05) is 61.0 Å². The number of amides is 1. The molecule has 2 aromatic heterocycles. The molecule has 0 unspecified atom stereocenters. The monoisotopic (exact) mass is 538 g/mol. The predicted octanol–water partition coefficient (Wildman–Crippen LogP) is 4.48. The standard InChI is InChI=1S/C31H30N4O5/c1-20(2)40-28-11-9-24(17-25(28)18-32)31(39)33-26(13-15-36)16-21-5-7-22(8-6-21)27-19-35-14-3-4-23(30(35)34-27)10-12-29(37)38/h3-12,14,17,19-20,26,36H,13,15-16H2,1-2H3,(H,33,39)(H,37,38)/t26-/m1/s1. The fraction of sp³-hybridized carbons (Fsp3) is 0.226. The molecule has 0 fully saturated rings. The molecule has 0 aliphatic heterocycles. The Morgan fingerprint density at radius 2 is 1.95 bits per heavy atom. The summed E-state index contributed by atoms with van der Waals surface area (Å²) in [6.45, 7) is 3.64. The Balaban J connectivity index is 1.48. The van der Waals surface area contributed by atoms with Crippen LogP contribution in [0.15, 0.2) is 73.1 Å². The first-order valence-electron chi connectivity index (χ1n) is 12.9. The van der Waals surface area contributed by atoms with E-state index in [-0.39, 0.29) is 30.2 Å². The second kappa shape index (κ2) is 12.7. The van der Waals surface area contributed by atoms with Crippen molar-refractivity contribution in [2.24, 2.45) is 0 Å². The molecule has 0 bridgehead atoms. The molecule has 3 N–H and O–H groups in total. The number of nitriles is 1. The van der Waals surface area contributed by atoms with Crippen LogP contribution in [0.25, 0.3) is 23.0 Å². The summed E-state index contributed by atoms with van der Waals surface area (Å²) >= 11 is 0. The summed E-state index contributed by atoms with van der Waals surface area (Å²) in [7, 11) is 0. The van der Waals surface area contributed by atoms with E-state index in [2.05, 4.69) is 16.4 Å². The average molecular weight is 539 g/mol.